The highest BCUT2D eigenvalue weighted by Gasteiger charge is 2.27. The van der Waals surface area contributed by atoms with Crippen molar-refractivity contribution in [3.63, 3.8) is 0 Å². The van der Waals surface area contributed by atoms with Crippen molar-refractivity contribution in [2.75, 3.05) is 5.32 Å². The topological polar surface area (TPSA) is 70.6 Å². The fraction of sp³-hybridized carbons (Fsp3) is 0.0435. The fourth-order valence-electron chi connectivity index (χ4n) is 3.10. The lowest BCUT2D eigenvalue weighted by Crippen LogP contribution is -2.44. The van der Waals surface area contributed by atoms with Crippen LogP contribution in [-0.2, 0) is 4.79 Å². The largest absolute Gasteiger partial charge is 0.344 e. The maximum atomic E-state index is 13.1. The molecule has 1 aliphatic heterocycles. The molecule has 0 saturated carbocycles. The van der Waals surface area contributed by atoms with E-state index in [0.29, 0.717) is 11.4 Å². The van der Waals surface area contributed by atoms with Crippen LogP contribution in [0.3, 0.4) is 0 Å². The van der Waals surface area contributed by atoms with Gasteiger partial charge < -0.3 is 10.6 Å². The molecule has 5 nitrogen and oxygen atoms in total. The Morgan fingerprint density at radius 1 is 0.967 bits per heavy atom. The molecule has 2 N–H and O–H groups in total. The summed E-state index contributed by atoms with van der Waals surface area (Å²) in [5, 5.41) is 5.57. The number of hydrogen-bond donors (Lipinski definition) is 2. The molecule has 0 saturated heterocycles. The molecular weight excluding hydrogens is 401 g/mol. The third kappa shape index (κ3) is 4.01. The number of benzene rings is 3. The number of carbonyl (C=O) groups excluding carboxylic acids is 2. The molecule has 3 aromatic rings. The number of anilines is 1. The Kier molecular flexibility index (Phi) is 5.45. The van der Waals surface area contributed by atoms with Gasteiger partial charge in [0.1, 0.15) is 10.8 Å². The number of para-hydroxylation sites is 1. The van der Waals surface area contributed by atoms with Gasteiger partial charge in [-0.3, -0.25) is 9.59 Å². The summed E-state index contributed by atoms with van der Waals surface area (Å²) in [6.07, 6.45) is -1.11. The second kappa shape index (κ2) is 8.34. The standard InChI is InChI=1S/C23H16FN3O2S/c24-16-12-10-15(11-13-16)20(28)23(30)27-21-22(29)25-18-9-5-4-8-17(18)19(26-21)14-6-2-1-3-7-14/h1-13,21H,(H,25,29)(H,27,30). The average molecular weight is 417 g/mol. The van der Waals surface area contributed by atoms with Gasteiger partial charge >= 0.3 is 0 Å². The van der Waals surface area contributed by atoms with Gasteiger partial charge in [-0.2, -0.15) is 0 Å². The van der Waals surface area contributed by atoms with Crippen molar-refractivity contribution >= 4 is 40.3 Å². The lowest BCUT2D eigenvalue weighted by molar-refractivity contribution is -0.117. The summed E-state index contributed by atoms with van der Waals surface area (Å²) in [6, 6.07) is 21.8. The Bertz CT molecular complexity index is 1160. The third-order valence-electron chi connectivity index (χ3n) is 4.57. The number of nitrogens with zero attached hydrogens (tertiary/aromatic N) is 1. The van der Waals surface area contributed by atoms with Gasteiger partial charge in [0.05, 0.1) is 11.4 Å². The second-order valence-corrected chi connectivity index (χ2v) is 7.00. The number of nitrogens with one attached hydrogen (secondary N) is 2. The quantitative estimate of drug-likeness (QED) is 0.501. The molecule has 148 valence electrons. The predicted molar refractivity (Wildman–Crippen MR) is 117 cm³/mol. The van der Waals surface area contributed by atoms with Gasteiger partial charge in [0, 0.05) is 16.7 Å². The van der Waals surface area contributed by atoms with E-state index in [-0.39, 0.29) is 10.6 Å². The number of halogens is 1. The van der Waals surface area contributed by atoms with E-state index in [4.69, 9.17) is 12.2 Å². The molecule has 0 spiro atoms. The maximum absolute atomic E-state index is 13.1. The van der Waals surface area contributed by atoms with Crippen LogP contribution in [0.1, 0.15) is 21.5 Å². The minimum Gasteiger partial charge on any atom is -0.344 e. The molecule has 0 aliphatic carbocycles. The smallest absolute Gasteiger partial charge is 0.269 e. The molecule has 30 heavy (non-hydrogen) atoms. The number of fused-ring (bicyclic) bond motifs is 1. The lowest BCUT2D eigenvalue weighted by atomic mass is 10.0. The van der Waals surface area contributed by atoms with Gasteiger partial charge in [0.2, 0.25) is 5.78 Å². The van der Waals surface area contributed by atoms with E-state index in [1.807, 2.05) is 48.5 Å². The van der Waals surface area contributed by atoms with Crippen molar-refractivity contribution in [2.24, 2.45) is 4.99 Å². The van der Waals surface area contributed by atoms with E-state index in [2.05, 4.69) is 15.6 Å². The van der Waals surface area contributed by atoms with E-state index in [1.54, 1.807) is 6.07 Å². The van der Waals surface area contributed by atoms with Crippen molar-refractivity contribution in [1.82, 2.24) is 5.32 Å². The first kappa shape index (κ1) is 19.6. The minimum absolute atomic E-state index is 0.177. The van der Waals surface area contributed by atoms with Crippen LogP contribution in [0.5, 0.6) is 0 Å². The molecule has 3 aromatic carbocycles. The molecule has 1 unspecified atom stereocenters. The summed E-state index contributed by atoms with van der Waals surface area (Å²) in [6.45, 7) is 0. The SMILES string of the molecule is O=C(C(=S)NC1N=C(c2ccccc2)c2ccccc2NC1=O)c1ccc(F)cc1. The summed E-state index contributed by atoms with van der Waals surface area (Å²) < 4.78 is 13.1. The van der Waals surface area contributed by atoms with E-state index in [9.17, 15) is 14.0 Å². The molecule has 0 radical (unpaired) electrons. The zero-order valence-corrected chi connectivity index (χ0v) is 16.4. The Morgan fingerprint density at radius 3 is 2.37 bits per heavy atom. The van der Waals surface area contributed by atoms with Crippen LogP contribution < -0.4 is 10.6 Å². The van der Waals surface area contributed by atoms with E-state index >= 15 is 0 Å². The second-order valence-electron chi connectivity index (χ2n) is 6.59. The number of carbonyl (C=O) groups is 2. The van der Waals surface area contributed by atoms with E-state index in [1.165, 1.54) is 24.3 Å². The molecule has 4 rings (SSSR count). The fourth-order valence-corrected chi connectivity index (χ4v) is 3.33. The van der Waals surface area contributed by atoms with Crippen LogP contribution in [-0.4, -0.2) is 28.6 Å². The first-order chi connectivity index (χ1) is 14.5. The lowest BCUT2D eigenvalue weighted by Gasteiger charge is -2.14. The minimum atomic E-state index is -1.11. The zero-order chi connectivity index (χ0) is 21.1. The van der Waals surface area contributed by atoms with Crippen molar-refractivity contribution in [3.05, 3.63) is 101 Å². The van der Waals surface area contributed by atoms with Gasteiger partial charge in [-0.15, -0.1) is 0 Å². The monoisotopic (exact) mass is 417 g/mol. The van der Waals surface area contributed by atoms with Gasteiger partial charge in [-0.25, -0.2) is 9.38 Å². The van der Waals surface area contributed by atoms with Gasteiger partial charge in [-0.1, -0.05) is 60.7 Å². The summed E-state index contributed by atoms with van der Waals surface area (Å²) in [5.41, 5.74) is 3.02. The third-order valence-corrected chi connectivity index (χ3v) is 4.88. The van der Waals surface area contributed by atoms with Crippen molar-refractivity contribution in [1.29, 1.82) is 0 Å². The van der Waals surface area contributed by atoms with Crippen molar-refractivity contribution < 1.29 is 14.0 Å². The Hall–Kier alpha value is -3.71. The molecule has 0 fully saturated rings. The maximum Gasteiger partial charge on any atom is 0.269 e. The highest BCUT2D eigenvalue weighted by atomic mass is 32.1. The van der Waals surface area contributed by atoms with Gasteiger partial charge in [-0.05, 0) is 30.3 Å². The number of Topliss-reactive ketones (excluding diaryl/α,β-unsaturated/α-hetero) is 1. The number of aliphatic imine (C=N–C) groups is 1. The molecule has 0 bridgehead atoms. The van der Waals surface area contributed by atoms with Gasteiger partial charge in [0.15, 0.2) is 6.17 Å². The molecule has 1 aliphatic rings. The summed E-state index contributed by atoms with van der Waals surface area (Å²) in [5.74, 6) is -1.41. The molecule has 7 heteroatoms. The predicted octanol–water partition coefficient (Wildman–Crippen LogP) is 3.74. The van der Waals surface area contributed by atoms with Crippen molar-refractivity contribution in [3.8, 4) is 0 Å². The number of hydrogen-bond acceptors (Lipinski definition) is 4. The van der Waals surface area contributed by atoms with Crippen LogP contribution in [0, 0.1) is 5.82 Å². The average Bonchev–Trinajstić information content (AvgIpc) is 2.91. The van der Waals surface area contributed by atoms with Crippen LogP contribution in [0.2, 0.25) is 0 Å². The van der Waals surface area contributed by atoms with E-state index in [0.717, 1.165) is 11.1 Å². The van der Waals surface area contributed by atoms with Crippen LogP contribution in [0.4, 0.5) is 10.1 Å². The molecule has 0 aromatic heterocycles. The van der Waals surface area contributed by atoms with E-state index < -0.39 is 23.7 Å². The van der Waals surface area contributed by atoms with Crippen LogP contribution >= 0.6 is 12.2 Å². The first-order valence-electron chi connectivity index (χ1n) is 9.17. The number of ketones is 1. The van der Waals surface area contributed by atoms with Gasteiger partial charge in [0.25, 0.3) is 5.91 Å². The Labute approximate surface area is 177 Å². The number of thiocarbonyl (C=S) groups is 1. The first-order valence-corrected chi connectivity index (χ1v) is 9.58. The molecule has 1 amide bonds. The number of amides is 1. The molecule has 1 atom stereocenters. The van der Waals surface area contributed by atoms with Crippen LogP contribution in [0.15, 0.2) is 83.9 Å². The highest BCUT2D eigenvalue weighted by molar-refractivity contribution is 7.82. The summed E-state index contributed by atoms with van der Waals surface area (Å²) in [4.78, 5) is 29.8. The molecule has 1 heterocycles. The van der Waals surface area contributed by atoms with Crippen LogP contribution in [0.25, 0.3) is 0 Å². The summed E-state index contributed by atoms with van der Waals surface area (Å²) >= 11 is 5.21. The Morgan fingerprint density at radius 2 is 1.63 bits per heavy atom. The highest BCUT2D eigenvalue weighted by Crippen LogP contribution is 2.23. The molecular formula is C23H16FN3O2S. The van der Waals surface area contributed by atoms with Crippen molar-refractivity contribution in [2.45, 2.75) is 6.17 Å². The zero-order valence-electron chi connectivity index (χ0n) is 15.6. The summed E-state index contributed by atoms with van der Waals surface area (Å²) in [7, 11) is 0. The normalized spacial score (nSPS) is 15.3. The Balaban J connectivity index is 1.67. The number of rotatable bonds is 4. The number of benzodiazepines with no additional fused rings is 1.